The largest absolute Gasteiger partial charge is 0.507 e. The zero-order valence-electron chi connectivity index (χ0n) is 11.4. The number of hydrogen-bond acceptors (Lipinski definition) is 5. The number of aldehydes is 2. The lowest BCUT2D eigenvalue weighted by atomic mass is 10.2. The summed E-state index contributed by atoms with van der Waals surface area (Å²) in [5, 5.41) is 8.99. The first kappa shape index (κ1) is 17.6. The molecule has 0 atom stereocenters. The van der Waals surface area contributed by atoms with Crippen molar-refractivity contribution in [3.8, 4) is 11.5 Å². The zero-order chi connectivity index (χ0) is 16.4. The molecule has 22 heavy (non-hydrogen) atoms. The van der Waals surface area contributed by atoms with Gasteiger partial charge < -0.3 is 9.84 Å². The molecule has 0 saturated heterocycles. The molecule has 2 aromatic carbocycles. The second kappa shape index (κ2) is 9.46. The van der Waals surface area contributed by atoms with Crippen LogP contribution < -0.4 is 4.74 Å². The van der Waals surface area contributed by atoms with Gasteiger partial charge >= 0.3 is 5.97 Å². The van der Waals surface area contributed by atoms with Gasteiger partial charge in [-0.15, -0.1) is 0 Å². The molecule has 2 aromatic rings. The standard InChI is InChI=1S/C9H7BrO3.C7H6O2/c10-5-9(12)13-8-4-2-1-3-7(8)6-11;8-5-6-3-1-2-4-7(6)9/h1-4,6H,5H2;1-5,9H. The molecular formula is C16H13BrO5. The van der Waals surface area contributed by atoms with E-state index >= 15 is 0 Å². The molecule has 6 heteroatoms. The molecule has 0 unspecified atom stereocenters. The van der Waals surface area contributed by atoms with Gasteiger partial charge in [-0.1, -0.05) is 40.2 Å². The minimum Gasteiger partial charge on any atom is -0.507 e. The first-order valence-corrected chi connectivity index (χ1v) is 7.28. The molecule has 2 rings (SSSR count). The Morgan fingerprint density at radius 1 is 1.00 bits per heavy atom. The molecular weight excluding hydrogens is 352 g/mol. The maximum atomic E-state index is 10.9. The highest BCUT2D eigenvalue weighted by atomic mass is 79.9. The molecule has 0 radical (unpaired) electrons. The van der Waals surface area contributed by atoms with Crippen LogP contribution >= 0.6 is 15.9 Å². The third kappa shape index (κ3) is 5.49. The van der Waals surface area contributed by atoms with Crippen molar-refractivity contribution in [3.63, 3.8) is 0 Å². The number of rotatable bonds is 4. The van der Waals surface area contributed by atoms with Gasteiger partial charge in [0.1, 0.15) is 16.8 Å². The SMILES string of the molecule is O=Cc1ccccc1O.O=Cc1ccccc1OC(=O)CBr. The molecule has 0 aliphatic heterocycles. The predicted octanol–water partition coefficient (Wildman–Crippen LogP) is 3.00. The lowest BCUT2D eigenvalue weighted by molar-refractivity contribution is -0.131. The van der Waals surface area contributed by atoms with Crippen molar-refractivity contribution in [2.75, 3.05) is 5.33 Å². The summed E-state index contributed by atoms with van der Waals surface area (Å²) in [6, 6.07) is 13.0. The molecule has 0 amide bonds. The van der Waals surface area contributed by atoms with E-state index in [9.17, 15) is 14.4 Å². The van der Waals surface area contributed by atoms with Crippen LogP contribution in [-0.2, 0) is 4.79 Å². The summed E-state index contributed by atoms with van der Waals surface area (Å²) < 4.78 is 4.87. The topological polar surface area (TPSA) is 80.7 Å². The predicted molar refractivity (Wildman–Crippen MR) is 84.8 cm³/mol. The smallest absolute Gasteiger partial charge is 0.321 e. The van der Waals surface area contributed by atoms with Crippen molar-refractivity contribution in [1.82, 2.24) is 0 Å². The fourth-order valence-electron chi connectivity index (χ4n) is 1.41. The van der Waals surface area contributed by atoms with Gasteiger partial charge in [-0.05, 0) is 24.3 Å². The first-order valence-electron chi connectivity index (χ1n) is 6.16. The Morgan fingerprint density at radius 3 is 2.05 bits per heavy atom. The number of alkyl halides is 1. The van der Waals surface area contributed by atoms with Gasteiger partial charge in [0.25, 0.3) is 0 Å². The van der Waals surface area contributed by atoms with Gasteiger partial charge in [-0.2, -0.15) is 0 Å². The van der Waals surface area contributed by atoms with Crippen molar-refractivity contribution in [1.29, 1.82) is 0 Å². The zero-order valence-corrected chi connectivity index (χ0v) is 13.0. The van der Waals surface area contributed by atoms with Crippen molar-refractivity contribution in [2.24, 2.45) is 0 Å². The van der Waals surface area contributed by atoms with Crippen LogP contribution in [0.5, 0.6) is 11.5 Å². The molecule has 0 bridgehead atoms. The minimum atomic E-state index is -0.422. The number of aromatic hydroxyl groups is 1. The minimum absolute atomic E-state index is 0.0347. The molecule has 0 aliphatic rings. The molecule has 1 N–H and O–H groups in total. The third-order valence-electron chi connectivity index (χ3n) is 2.44. The number of phenolic OH excluding ortho intramolecular Hbond substituents is 1. The van der Waals surface area contributed by atoms with Crippen LogP contribution in [0.1, 0.15) is 20.7 Å². The Bertz CT molecular complexity index is 654. The van der Waals surface area contributed by atoms with Gasteiger partial charge in [0.15, 0.2) is 12.6 Å². The van der Waals surface area contributed by atoms with E-state index in [1.54, 1.807) is 42.5 Å². The summed E-state index contributed by atoms with van der Waals surface area (Å²) in [6.45, 7) is 0. The molecule has 0 fully saturated rings. The van der Waals surface area contributed by atoms with Crippen LogP contribution in [0.25, 0.3) is 0 Å². The Labute approximate surface area is 135 Å². The monoisotopic (exact) mass is 364 g/mol. The van der Waals surface area contributed by atoms with Crippen molar-refractivity contribution < 1.29 is 24.2 Å². The van der Waals surface area contributed by atoms with Crippen LogP contribution in [0.3, 0.4) is 0 Å². The normalized spacial score (nSPS) is 9.14. The van der Waals surface area contributed by atoms with E-state index in [0.29, 0.717) is 29.4 Å². The number of carbonyl (C=O) groups excluding carboxylic acids is 3. The highest BCUT2D eigenvalue weighted by Crippen LogP contribution is 2.15. The highest BCUT2D eigenvalue weighted by Gasteiger charge is 2.05. The first-order chi connectivity index (χ1) is 10.6. The summed E-state index contributed by atoms with van der Waals surface area (Å²) in [6.07, 6.45) is 1.27. The summed E-state index contributed by atoms with van der Waals surface area (Å²) in [4.78, 5) is 31.4. The number of ether oxygens (including phenoxy) is 1. The summed E-state index contributed by atoms with van der Waals surface area (Å²) in [5.74, 6) is -0.0937. The van der Waals surface area contributed by atoms with E-state index in [1.165, 1.54) is 6.07 Å². The average molecular weight is 365 g/mol. The Hall–Kier alpha value is -2.47. The Morgan fingerprint density at radius 2 is 1.55 bits per heavy atom. The number of halogens is 1. The summed E-state index contributed by atoms with van der Waals surface area (Å²) in [5.41, 5.74) is 0.703. The van der Waals surface area contributed by atoms with E-state index in [-0.39, 0.29) is 11.1 Å². The Kier molecular flexibility index (Phi) is 7.56. The molecule has 0 aliphatic carbocycles. The van der Waals surface area contributed by atoms with Crippen LogP contribution in [0, 0.1) is 0 Å². The van der Waals surface area contributed by atoms with E-state index in [1.807, 2.05) is 0 Å². The molecule has 114 valence electrons. The van der Waals surface area contributed by atoms with Crippen molar-refractivity contribution in [3.05, 3.63) is 59.7 Å². The number of benzene rings is 2. The lowest BCUT2D eigenvalue weighted by Crippen LogP contribution is -2.09. The Balaban J connectivity index is 0.000000235. The fraction of sp³-hybridized carbons (Fsp3) is 0.0625. The maximum absolute atomic E-state index is 10.9. The number of hydrogen-bond donors (Lipinski definition) is 1. The number of phenols is 1. The van der Waals surface area contributed by atoms with Crippen LogP contribution in [0.2, 0.25) is 0 Å². The van der Waals surface area contributed by atoms with E-state index in [4.69, 9.17) is 9.84 Å². The van der Waals surface area contributed by atoms with Crippen molar-refractivity contribution >= 4 is 34.5 Å². The number of carbonyl (C=O) groups is 3. The highest BCUT2D eigenvalue weighted by molar-refractivity contribution is 9.09. The number of esters is 1. The average Bonchev–Trinajstić information content (AvgIpc) is 2.56. The fourth-order valence-corrected chi connectivity index (χ4v) is 1.52. The molecule has 5 nitrogen and oxygen atoms in total. The molecule has 0 heterocycles. The van der Waals surface area contributed by atoms with Crippen LogP contribution in [-0.4, -0.2) is 29.0 Å². The molecule has 0 spiro atoms. The maximum Gasteiger partial charge on any atom is 0.321 e. The van der Waals surface area contributed by atoms with Gasteiger partial charge in [0.05, 0.1) is 11.1 Å². The van der Waals surface area contributed by atoms with E-state index in [0.717, 1.165) is 0 Å². The lowest BCUT2D eigenvalue weighted by Gasteiger charge is -2.03. The quantitative estimate of drug-likeness (QED) is 0.390. The van der Waals surface area contributed by atoms with E-state index < -0.39 is 5.97 Å². The van der Waals surface area contributed by atoms with Gasteiger partial charge in [-0.25, -0.2) is 0 Å². The summed E-state index contributed by atoms with van der Waals surface area (Å²) >= 11 is 2.96. The second-order valence-electron chi connectivity index (χ2n) is 3.94. The van der Waals surface area contributed by atoms with Crippen LogP contribution in [0.15, 0.2) is 48.5 Å². The van der Waals surface area contributed by atoms with Gasteiger partial charge in [0, 0.05) is 0 Å². The van der Waals surface area contributed by atoms with Gasteiger partial charge in [0.2, 0.25) is 0 Å². The molecule has 0 aromatic heterocycles. The van der Waals surface area contributed by atoms with Gasteiger partial charge in [-0.3, -0.25) is 14.4 Å². The van der Waals surface area contributed by atoms with Crippen LogP contribution in [0.4, 0.5) is 0 Å². The summed E-state index contributed by atoms with van der Waals surface area (Å²) in [7, 11) is 0. The second-order valence-corrected chi connectivity index (χ2v) is 4.50. The molecule has 0 saturated carbocycles. The third-order valence-corrected chi connectivity index (χ3v) is 2.90. The number of para-hydroxylation sites is 2. The van der Waals surface area contributed by atoms with Crippen molar-refractivity contribution in [2.45, 2.75) is 0 Å². The van der Waals surface area contributed by atoms with E-state index in [2.05, 4.69) is 15.9 Å².